The molecule has 1 aromatic carbocycles. The van der Waals surface area contributed by atoms with Crippen LogP contribution >= 0.6 is 0 Å². The fourth-order valence-electron chi connectivity index (χ4n) is 2.33. The van der Waals surface area contributed by atoms with Gasteiger partial charge in [0.05, 0.1) is 12.2 Å². The van der Waals surface area contributed by atoms with Gasteiger partial charge in [0.2, 0.25) is 5.91 Å². The first-order valence-corrected chi connectivity index (χ1v) is 6.21. The standard InChI is InChI=1S/C14H14N4O/c1-2-14(19)15-9-13-17-16-12-8-7-10-5-3-4-6-11(10)18(12)13/h2-6H,1,7-9H2,(H,15,19). The van der Waals surface area contributed by atoms with Crippen LogP contribution in [0, 0.1) is 0 Å². The van der Waals surface area contributed by atoms with Gasteiger partial charge in [0.1, 0.15) is 5.82 Å². The van der Waals surface area contributed by atoms with Gasteiger partial charge < -0.3 is 5.32 Å². The second-order valence-corrected chi connectivity index (χ2v) is 4.42. The van der Waals surface area contributed by atoms with Crippen LogP contribution in [0.3, 0.4) is 0 Å². The van der Waals surface area contributed by atoms with Crippen molar-refractivity contribution in [3.63, 3.8) is 0 Å². The Hall–Kier alpha value is -2.43. The van der Waals surface area contributed by atoms with Gasteiger partial charge >= 0.3 is 0 Å². The highest BCUT2D eigenvalue weighted by Gasteiger charge is 2.20. The van der Waals surface area contributed by atoms with Crippen LogP contribution in [0.2, 0.25) is 0 Å². The summed E-state index contributed by atoms with van der Waals surface area (Å²) in [5.74, 6) is 1.49. The van der Waals surface area contributed by atoms with Crippen LogP contribution in [-0.2, 0) is 24.2 Å². The van der Waals surface area contributed by atoms with Crippen LogP contribution in [0.15, 0.2) is 36.9 Å². The zero-order valence-electron chi connectivity index (χ0n) is 10.5. The van der Waals surface area contributed by atoms with Crippen molar-refractivity contribution in [3.05, 3.63) is 54.1 Å². The predicted octanol–water partition coefficient (Wildman–Crippen LogP) is 1.17. The topological polar surface area (TPSA) is 59.8 Å². The molecular weight excluding hydrogens is 240 g/mol. The Balaban J connectivity index is 1.96. The number of fused-ring (bicyclic) bond motifs is 3. The average molecular weight is 254 g/mol. The van der Waals surface area contributed by atoms with Crippen molar-refractivity contribution in [1.29, 1.82) is 0 Å². The molecule has 3 rings (SSSR count). The summed E-state index contributed by atoms with van der Waals surface area (Å²) in [6, 6.07) is 8.21. The van der Waals surface area contributed by atoms with E-state index in [2.05, 4.69) is 34.2 Å². The van der Waals surface area contributed by atoms with Crippen molar-refractivity contribution >= 4 is 5.91 Å². The van der Waals surface area contributed by atoms with Gasteiger partial charge in [-0.05, 0) is 24.1 Å². The molecule has 0 atom stereocenters. The summed E-state index contributed by atoms with van der Waals surface area (Å²) in [6.07, 6.45) is 3.11. The first-order valence-electron chi connectivity index (χ1n) is 6.21. The molecule has 96 valence electrons. The third-order valence-electron chi connectivity index (χ3n) is 3.25. The van der Waals surface area contributed by atoms with Gasteiger partial charge in [-0.25, -0.2) is 0 Å². The van der Waals surface area contributed by atoms with Crippen LogP contribution in [0.1, 0.15) is 17.2 Å². The molecule has 2 aromatic rings. The number of hydrogen-bond donors (Lipinski definition) is 1. The first-order chi connectivity index (χ1) is 9.29. The molecule has 1 aliphatic heterocycles. The third-order valence-corrected chi connectivity index (χ3v) is 3.25. The van der Waals surface area contributed by atoms with E-state index in [9.17, 15) is 4.79 Å². The third kappa shape index (κ3) is 2.03. The summed E-state index contributed by atoms with van der Waals surface area (Å²) in [5, 5.41) is 11.1. The lowest BCUT2D eigenvalue weighted by molar-refractivity contribution is -0.116. The summed E-state index contributed by atoms with van der Waals surface area (Å²) in [4.78, 5) is 11.2. The van der Waals surface area contributed by atoms with Crippen molar-refractivity contribution < 1.29 is 4.79 Å². The number of nitrogens with one attached hydrogen (secondary N) is 1. The number of carbonyl (C=O) groups excluding carboxylic acids is 1. The highest BCUT2D eigenvalue weighted by Crippen LogP contribution is 2.24. The van der Waals surface area contributed by atoms with E-state index in [4.69, 9.17) is 0 Å². The van der Waals surface area contributed by atoms with Gasteiger partial charge in [0, 0.05) is 6.42 Å². The average Bonchev–Trinajstić information content (AvgIpc) is 2.88. The smallest absolute Gasteiger partial charge is 0.243 e. The normalized spacial score (nSPS) is 12.4. The lowest BCUT2D eigenvalue weighted by Gasteiger charge is -2.19. The minimum absolute atomic E-state index is 0.207. The van der Waals surface area contributed by atoms with E-state index >= 15 is 0 Å². The van der Waals surface area contributed by atoms with Gasteiger partial charge in [-0.15, -0.1) is 10.2 Å². The number of amides is 1. The number of carbonyl (C=O) groups is 1. The fourth-order valence-corrected chi connectivity index (χ4v) is 2.33. The molecule has 5 nitrogen and oxygen atoms in total. The molecule has 1 amide bonds. The molecule has 0 fully saturated rings. The Bertz CT molecular complexity index is 645. The molecule has 0 bridgehead atoms. The predicted molar refractivity (Wildman–Crippen MR) is 70.8 cm³/mol. The lowest BCUT2D eigenvalue weighted by atomic mass is 10.0. The van der Waals surface area contributed by atoms with Gasteiger partial charge in [-0.2, -0.15) is 0 Å². The number of rotatable bonds is 3. The van der Waals surface area contributed by atoms with Crippen LogP contribution < -0.4 is 5.32 Å². The Morgan fingerprint density at radius 2 is 2.21 bits per heavy atom. The monoisotopic (exact) mass is 254 g/mol. The lowest BCUT2D eigenvalue weighted by Crippen LogP contribution is -2.23. The zero-order chi connectivity index (χ0) is 13.2. The van der Waals surface area contributed by atoms with Crippen LogP contribution in [0.4, 0.5) is 0 Å². The van der Waals surface area contributed by atoms with E-state index < -0.39 is 0 Å². The Morgan fingerprint density at radius 1 is 1.37 bits per heavy atom. The highest BCUT2D eigenvalue weighted by molar-refractivity contribution is 5.86. The molecule has 0 radical (unpaired) electrons. The van der Waals surface area contributed by atoms with Crippen LogP contribution in [-0.4, -0.2) is 20.7 Å². The number of para-hydroxylation sites is 1. The maximum absolute atomic E-state index is 11.2. The molecule has 0 spiro atoms. The van der Waals surface area contributed by atoms with Crippen LogP contribution in [0.5, 0.6) is 0 Å². The van der Waals surface area contributed by atoms with Gasteiger partial charge in [-0.1, -0.05) is 24.8 Å². The molecule has 0 saturated heterocycles. The van der Waals surface area contributed by atoms with E-state index in [0.29, 0.717) is 6.54 Å². The Morgan fingerprint density at radius 3 is 3.05 bits per heavy atom. The largest absolute Gasteiger partial charge is 0.345 e. The van der Waals surface area contributed by atoms with Gasteiger partial charge in [0.15, 0.2) is 5.82 Å². The molecule has 5 heteroatoms. The molecule has 1 aromatic heterocycles. The fraction of sp³-hybridized carbons (Fsp3) is 0.214. The summed E-state index contributed by atoms with van der Waals surface area (Å²) in [5.41, 5.74) is 2.39. The molecule has 0 aliphatic carbocycles. The van der Waals surface area contributed by atoms with E-state index in [1.165, 1.54) is 11.6 Å². The maximum atomic E-state index is 11.2. The summed E-state index contributed by atoms with van der Waals surface area (Å²) in [7, 11) is 0. The van der Waals surface area contributed by atoms with Crippen molar-refractivity contribution in [2.45, 2.75) is 19.4 Å². The summed E-state index contributed by atoms with van der Waals surface area (Å²) in [6.45, 7) is 3.78. The second-order valence-electron chi connectivity index (χ2n) is 4.42. The first kappa shape index (κ1) is 11.6. The SMILES string of the molecule is C=CC(=O)NCc1nnc2n1-c1ccccc1CC2. The summed E-state index contributed by atoms with van der Waals surface area (Å²) >= 11 is 0. The highest BCUT2D eigenvalue weighted by atomic mass is 16.1. The van der Waals surface area contributed by atoms with Crippen molar-refractivity contribution in [2.75, 3.05) is 0 Å². The molecule has 19 heavy (non-hydrogen) atoms. The number of benzene rings is 1. The molecule has 0 saturated carbocycles. The summed E-state index contributed by atoms with van der Waals surface area (Å²) < 4.78 is 2.03. The van der Waals surface area contributed by atoms with Crippen molar-refractivity contribution in [1.82, 2.24) is 20.1 Å². The van der Waals surface area contributed by atoms with Crippen LogP contribution in [0.25, 0.3) is 5.69 Å². The van der Waals surface area contributed by atoms with Gasteiger partial charge in [-0.3, -0.25) is 9.36 Å². The molecule has 1 N–H and O–H groups in total. The maximum Gasteiger partial charge on any atom is 0.243 e. The number of aryl methyl sites for hydroxylation is 2. The van der Waals surface area contributed by atoms with E-state index in [0.717, 1.165) is 30.2 Å². The van der Waals surface area contributed by atoms with E-state index in [1.54, 1.807) is 0 Å². The van der Waals surface area contributed by atoms with Crippen molar-refractivity contribution in [3.8, 4) is 5.69 Å². The van der Waals surface area contributed by atoms with Gasteiger partial charge in [0.25, 0.3) is 0 Å². The molecular formula is C14H14N4O. The molecule has 2 heterocycles. The van der Waals surface area contributed by atoms with Crippen molar-refractivity contribution in [2.24, 2.45) is 0 Å². The number of nitrogens with zero attached hydrogens (tertiary/aromatic N) is 3. The Kier molecular flexibility index (Phi) is 2.87. The molecule has 1 aliphatic rings. The minimum atomic E-state index is -0.207. The second kappa shape index (κ2) is 4.68. The number of aromatic nitrogens is 3. The Labute approximate surface area is 111 Å². The number of hydrogen-bond acceptors (Lipinski definition) is 3. The zero-order valence-corrected chi connectivity index (χ0v) is 10.5. The molecule has 0 unspecified atom stereocenters. The van der Waals surface area contributed by atoms with E-state index in [-0.39, 0.29) is 5.91 Å². The van der Waals surface area contributed by atoms with E-state index in [1.807, 2.05) is 16.7 Å². The quantitative estimate of drug-likeness (QED) is 0.836. The minimum Gasteiger partial charge on any atom is -0.345 e.